The first-order valence-electron chi connectivity index (χ1n) is 7.72. The predicted octanol–water partition coefficient (Wildman–Crippen LogP) is 3.57. The van der Waals surface area contributed by atoms with Crippen molar-refractivity contribution in [1.29, 1.82) is 0 Å². The van der Waals surface area contributed by atoms with Gasteiger partial charge in [0.15, 0.2) is 0 Å². The van der Waals surface area contributed by atoms with Crippen molar-refractivity contribution in [3.63, 3.8) is 0 Å². The van der Waals surface area contributed by atoms with Crippen LogP contribution in [-0.2, 0) is 19.1 Å². The van der Waals surface area contributed by atoms with Crippen molar-refractivity contribution in [2.24, 2.45) is 5.92 Å². The molecule has 0 aromatic carbocycles. The van der Waals surface area contributed by atoms with Crippen molar-refractivity contribution < 1.29 is 19.1 Å². The van der Waals surface area contributed by atoms with E-state index in [-0.39, 0.29) is 5.92 Å². The Bertz CT molecular complexity index is 421. The maximum absolute atomic E-state index is 12.0. The zero-order valence-electron chi connectivity index (χ0n) is 13.3. The third kappa shape index (κ3) is 5.03. The summed E-state index contributed by atoms with van der Waals surface area (Å²) in [7, 11) is 2.68. The van der Waals surface area contributed by atoms with E-state index in [1.807, 2.05) is 12.2 Å². The van der Waals surface area contributed by atoms with E-state index >= 15 is 0 Å². The highest BCUT2D eigenvalue weighted by molar-refractivity contribution is 6.01. The van der Waals surface area contributed by atoms with E-state index < -0.39 is 11.9 Å². The van der Waals surface area contributed by atoms with E-state index in [1.54, 1.807) is 0 Å². The minimum Gasteiger partial charge on any atom is -0.466 e. The molecule has 21 heavy (non-hydrogen) atoms. The maximum Gasteiger partial charge on any atom is 0.334 e. The standard InChI is InChI=1S/C17H26O4/c1-4-5-6-7-8-10-13-11-9-12-14(16(18)20-2)15(13)17(19)21-3/h9,11,13H,4-8,10,12H2,1-3H3. The highest BCUT2D eigenvalue weighted by Crippen LogP contribution is 2.30. The Morgan fingerprint density at radius 3 is 2.38 bits per heavy atom. The molecule has 118 valence electrons. The molecule has 0 fully saturated rings. The van der Waals surface area contributed by atoms with Gasteiger partial charge in [-0.1, -0.05) is 51.2 Å². The average molecular weight is 294 g/mol. The van der Waals surface area contributed by atoms with E-state index in [9.17, 15) is 9.59 Å². The molecule has 0 saturated heterocycles. The van der Waals surface area contributed by atoms with Crippen LogP contribution in [0.25, 0.3) is 0 Å². The van der Waals surface area contributed by atoms with Gasteiger partial charge in [0, 0.05) is 5.92 Å². The van der Waals surface area contributed by atoms with Gasteiger partial charge in [-0.3, -0.25) is 0 Å². The molecule has 4 nitrogen and oxygen atoms in total. The first-order valence-corrected chi connectivity index (χ1v) is 7.72. The van der Waals surface area contributed by atoms with Crippen LogP contribution in [-0.4, -0.2) is 26.2 Å². The number of rotatable bonds is 8. The Hall–Kier alpha value is -1.58. The molecule has 1 rings (SSSR count). The molecule has 0 bridgehead atoms. The number of hydrogen-bond donors (Lipinski definition) is 0. The summed E-state index contributed by atoms with van der Waals surface area (Å²) in [5, 5.41) is 0. The summed E-state index contributed by atoms with van der Waals surface area (Å²) >= 11 is 0. The minimum absolute atomic E-state index is 0.0399. The predicted molar refractivity (Wildman–Crippen MR) is 81.7 cm³/mol. The fraction of sp³-hybridized carbons (Fsp3) is 0.647. The fourth-order valence-corrected chi connectivity index (χ4v) is 2.69. The Labute approximate surface area is 127 Å². The van der Waals surface area contributed by atoms with Gasteiger partial charge in [-0.25, -0.2) is 9.59 Å². The third-order valence-electron chi connectivity index (χ3n) is 3.84. The second kappa shape index (κ2) is 9.37. The number of methoxy groups -OCH3 is 2. The van der Waals surface area contributed by atoms with Crippen molar-refractivity contribution in [2.45, 2.75) is 51.9 Å². The van der Waals surface area contributed by atoms with Crippen molar-refractivity contribution >= 4 is 11.9 Å². The highest BCUT2D eigenvalue weighted by atomic mass is 16.5. The topological polar surface area (TPSA) is 52.6 Å². The van der Waals surface area contributed by atoms with E-state index in [4.69, 9.17) is 9.47 Å². The van der Waals surface area contributed by atoms with E-state index in [1.165, 1.54) is 33.5 Å². The smallest absolute Gasteiger partial charge is 0.334 e. The van der Waals surface area contributed by atoms with Crippen molar-refractivity contribution in [3.8, 4) is 0 Å². The molecular formula is C17H26O4. The van der Waals surface area contributed by atoms with Gasteiger partial charge in [0.2, 0.25) is 0 Å². The van der Waals surface area contributed by atoms with Gasteiger partial charge in [-0.05, 0) is 12.8 Å². The molecule has 0 heterocycles. The van der Waals surface area contributed by atoms with Crippen LogP contribution in [0, 0.1) is 5.92 Å². The van der Waals surface area contributed by atoms with E-state index in [0.29, 0.717) is 17.6 Å². The Balaban J connectivity index is 2.77. The quantitative estimate of drug-likeness (QED) is 0.390. The second-order valence-electron chi connectivity index (χ2n) is 5.32. The lowest BCUT2D eigenvalue weighted by atomic mass is 9.84. The summed E-state index contributed by atoms with van der Waals surface area (Å²) in [6.45, 7) is 2.19. The first-order chi connectivity index (χ1) is 10.2. The number of allylic oxidation sites excluding steroid dienone is 2. The molecule has 0 aromatic rings. The minimum atomic E-state index is -0.435. The highest BCUT2D eigenvalue weighted by Gasteiger charge is 2.29. The van der Waals surface area contributed by atoms with Gasteiger partial charge in [0.1, 0.15) is 0 Å². The Morgan fingerprint density at radius 2 is 1.76 bits per heavy atom. The van der Waals surface area contributed by atoms with Gasteiger partial charge in [-0.2, -0.15) is 0 Å². The second-order valence-corrected chi connectivity index (χ2v) is 5.32. The summed E-state index contributed by atoms with van der Waals surface area (Å²) in [6, 6.07) is 0. The Kier molecular flexibility index (Phi) is 7.80. The molecule has 1 unspecified atom stereocenters. The molecule has 0 amide bonds. The van der Waals surface area contributed by atoms with Gasteiger partial charge in [0.25, 0.3) is 0 Å². The number of ether oxygens (including phenoxy) is 2. The number of hydrogen-bond acceptors (Lipinski definition) is 4. The lowest BCUT2D eigenvalue weighted by molar-refractivity contribution is -0.139. The molecule has 4 heteroatoms. The van der Waals surface area contributed by atoms with Crippen LogP contribution < -0.4 is 0 Å². The normalized spacial score (nSPS) is 17.8. The van der Waals surface area contributed by atoms with E-state index in [0.717, 1.165) is 19.3 Å². The van der Waals surface area contributed by atoms with Crippen LogP contribution in [0.2, 0.25) is 0 Å². The molecule has 1 aliphatic rings. The largest absolute Gasteiger partial charge is 0.466 e. The van der Waals surface area contributed by atoms with Crippen LogP contribution in [0.3, 0.4) is 0 Å². The molecule has 0 aromatic heterocycles. The van der Waals surface area contributed by atoms with Crippen LogP contribution in [0.4, 0.5) is 0 Å². The average Bonchev–Trinajstić information content (AvgIpc) is 2.52. The van der Waals surface area contributed by atoms with Crippen LogP contribution in [0.1, 0.15) is 51.9 Å². The molecule has 0 spiro atoms. The fourth-order valence-electron chi connectivity index (χ4n) is 2.69. The molecule has 1 atom stereocenters. The summed E-state index contributed by atoms with van der Waals surface area (Å²) in [5.41, 5.74) is 0.910. The summed E-state index contributed by atoms with van der Waals surface area (Å²) in [5.74, 6) is -0.893. The van der Waals surface area contributed by atoms with Gasteiger partial charge in [0.05, 0.1) is 25.4 Å². The number of esters is 2. The van der Waals surface area contributed by atoms with Gasteiger partial charge >= 0.3 is 11.9 Å². The van der Waals surface area contributed by atoms with Crippen molar-refractivity contribution in [3.05, 3.63) is 23.3 Å². The number of carbonyl (C=O) groups is 2. The molecule has 1 aliphatic carbocycles. The van der Waals surface area contributed by atoms with Crippen LogP contribution in [0.15, 0.2) is 23.3 Å². The van der Waals surface area contributed by atoms with Crippen LogP contribution >= 0.6 is 0 Å². The summed E-state index contributed by atoms with van der Waals surface area (Å²) in [4.78, 5) is 23.9. The van der Waals surface area contributed by atoms with Crippen molar-refractivity contribution in [2.75, 3.05) is 14.2 Å². The third-order valence-corrected chi connectivity index (χ3v) is 3.84. The number of unbranched alkanes of at least 4 members (excludes halogenated alkanes) is 4. The zero-order chi connectivity index (χ0) is 15.7. The molecule has 0 saturated carbocycles. The maximum atomic E-state index is 12.0. The molecule has 0 aliphatic heterocycles. The molecular weight excluding hydrogens is 268 g/mol. The zero-order valence-corrected chi connectivity index (χ0v) is 13.3. The SMILES string of the molecule is CCCCCCCC1C=CCC(C(=O)OC)=C1C(=O)OC. The van der Waals surface area contributed by atoms with Gasteiger partial charge < -0.3 is 9.47 Å². The lowest BCUT2D eigenvalue weighted by Crippen LogP contribution is -2.22. The monoisotopic (exact) mass is 294 g/mol. The summed E-state index contributed by atoms with van der Waals surface area (Å²) in [6.07, 6.45) is 11.1. The lowest BCUT2D eigenvalue weighted by Gasteiger charge is -2.22. The number of carbonyl (C=O) groups excluding carboxylic acids is 2. The van der Waals surface area contributed by atoms with E-state index in [2.05, 4.69) is 6.92 Å². The molecule has 0 N–H and O–H groups in total. The Morgan fingerprint density at radius 1 is 1.10 bits per heavy atom. The first kappa shape index (κ1) is 17.5. The molecule has 0 radical (unpaired) electrons. The summed E-state index contributed by atoms with van der Waals surface area (Å²) < 4.78 is 9.63. The van der Waals surface area contributed by atoms with Crippen molar-refractivity contribution in [1.82, 2.24) is 0 Å². The van der Waals surface area contributed by atoms with Crippen LogP contribution in [0.5, 0.6) is 0 Å². The van der Waals surface area contributed by atoms with Gasteiger partial charge in [-0.15, -0.1) is 0 Å².